The summed E-state index contributed by atoms with van der Waals surface area (Å²) in [5.74, 6) is -2.40. The number of carbonyl (C=O) groups excluding carboxylic acids is 4. The van der Waals surface area contributed by atoms with E-state index in [2.05, 4.69) is 20.4 Å². The second-order valence-electron chi connectivity index (χ2n) is 7.47. The van der Waals surface area contributed by atoms with Crippen molar-refractivity contribution in [2.75, 3.05) is 20.2 Å². The Balaban J connectivity index is 1.96. The molecule has 0 saturated heterocycles. The number of nitrogens with one attached hydrogen (secondary N) is 3. The molecule has 182 valence electrons. The molecule has 1 aromatic heterocycles. The minimum absolute atomic E-state index is 0.0637. The zero-order chi connectivity index (χ0) is 25.3. The summed E-state index contributed by atoms with van der Waals surface area (Å²) < 4.78 is 31.4. The van der Waals surface area contributed by atoms with E-state index in [1.165, 1.54) is 31.4 Å². The number of benzene rings is 1. The van der Waals surface area contributed by atoms with Gasteiger partial charge in [-0.2, -0.15) is 0 Å². The number of hydrogen-bond donors (Lipinski definition) is 3. The van der Waals surface area contributed by atoms with Gasteiger partial charge in [0.2, 0.25) is 5.91 Å². The maximum atomic E-state index is 12.5. The highest BCUT2D eigenvalue weighted by Gasteiger charge is 2.19. The molecule has 0 saturated carbocycles. The van der Waals surface area contributed by atoms with Crippen LogP contribution in [0.5, 0.6) is 0 Å². The van der Waals surface area contributed by atoms with Gasteiger partial charge >= 0.3 is 5.97 Å². The maximum Gasteiger partial charge on any atom is 0.325 e. The number of methoxy groups -OCH3 is 1. The topological polar surface area (TPSA) is 161 Å². The van der Waals surface area contributed by atoms with Gasteiger partial charge in [-0.3, -0.25) is 24.2 Å². The first kappa shape index (κ1) is 26.5. The summed E-state index contributed by atoms with van der Waals surface area (Å²) in [5.41, 5.74) is 0.675. The fraction of sp³-hybridized carbons (Fsp3) is 0.318. The standard InChI is InChI=1S/C22H26N4O7S/c1-14(2)20(28)23-11-10-15-4-7-17(8-5-15)34(31,32)26-21(29)16-6-9-18(24-12-16)22(30)25-13-19(27)33-3/h4-9,12,14H,10-11,13H2,1-3H3,(H,23,28)(H,25,30)(H,26,29). The molecule has 0 aliphatic heterocycles. The first-order chi connectivity index (χ1) is 16.0. The van der Waals surface area contributed by atoms with Gasteiger partial charge in [-0.15, -0.1) is 0 Å². The maximum absolute atomic E-state index is 12.5. The Morgan fingerprint density at radius 1 is 0.971 bits per heavy atom. The van der Waals surface area contributed by atoms with Gasteiger partial charge in [-0.05, 0) is 36.2 Å². The van der Waals surface area contributed by atoms with Crippen molar-refractivity contribution < 1.29 is 32.3 Å². The van der Waals surface area contributed by atoms with Crippen molar-refractivity contribution in [2.24, 2.45) is 5.92 Å². The van der Waals surface area contributed by atoms with Crippen LogP contribution in [0.2, 0.25) is 0 Å². The second kappa shape index (κ2) is 11.9. The number of rotatable bonds is 10. The second-order valence-corrected chi connectivity index (χ2v) is 9.15. The Bertz CT molecular complexity index is 1140. The molecule has 0 aliphatic carbocycles. The van der Waals surface area contributed by atoms with Crippen molar-refractivity contribution in [1.29, 1.82) is 0 Å². The van der Waals surface area contributed by atoms with Crippen LogP contribution in [0.25, 0.3) is 0 Å². The SMILES string of the molecule is COC(=O)CNC(=O)c1ccc(C(=O)NS(=O)(=O)c2ccc(CCNC(=O)C(C)C)cc2)cn1. The zero-order valence-electron chi connectivity index (χ0n) is 19.0. The molecular weight excluding hydrogens is 464 g/mol. The Hall–Kier alpha value is -3.80. The van der Waals surface area contributed by atoms with Crippen LogP contribution in [0.3, 0.4) is 0 Å². The highest BCUT2D eigenvalue weighted by atomic mass is 32.2. The van der Waals surface area contributed by atoms with Gasteiger partial charge in [0.05, 0.1) is 17.6 Å². The zero-order valence-corrected chi connectivity index (χ0v) is 19.8. The summed E-state index contributed by atoms with van der Waals surface area (Å²) in [6.07, 6.45) is 1.57. The van der Waals surface area contributed by atoms with Crippen LogP contribution in [-0.4, -0.2) is 57.3 Å². The third-order valence-corrected chi connectivity index (χ3v) is 5.92. The minimum atomic E-state index is -4.14. The fourth-order valence-corrected chi connectivity index (χ4v) is 3.56. The van der Waals surface area contributed by atoms with Crippen molar-refractivity contribution in [2.45, 2.75) is 25.2 Å². The van der Waals surface area contributed by atoms with E-state index in [-0.39, 0.29) is 34.5 Å². The third kappa shape index (κ3) is 7.66. The molecule has 12 heteroatoms. The van der Waals surface area contributed by atoms with E-state index >= 15 is 0 Å². The lowest BCUT2D eigenvalue weighted by Crippen LogP contribution is -2.32. The number of sulfonamides is 1. The van der Waals surface area contributed by atoms with E-state index in [0.29, 0.717) is 13.0 Å². The normalized spacial score (nSPS) is 10.9. The van der Waals surface area contributed by atoms with Crippen molar-refractivity contribution in [3.63, 3.8) is 0 Å². The molecule has 0 spiro atoms. The lowest BCUT2D eigenvalue weighted by atomic mass is 10.1. The highest BCUT2D eigenvalue weighted by molar-refractivity contribution is 7.90. The highest BCUT2D eigenvalue weighted by Crippen LogP contribution is 2.12. The Labute approximate surface area is 197 Å². The van der Waals surface area contributed by atoms with Gasteiger partial charge in [0.25, 0.3) is 21.8 Å². The van der Waals surface area contributed by atoms with Gasteiger partial charge in [0.1, 0.15) is 12.2 Å². The molecule has 1 aromatic carbocycles. The van der Waals surface area contributed by atoms with Crippen LogP contribution in [-0.2, 0) is 30.8 Å². The van der Waals surface area contributed by atoms with Crippen molar-refractivity contribution >= 4 is 33.7 Å². The smallest absolute Gasteiger partial charge is 0.325 e. The van der Waals surface area contributed by atoms with E-state index < -0.39 is 27.8 Å². The van der Waals surface area contributed by atoms with Gasteiger partial charge < -0.3 is 15.4 Å². The molecule has 0 radical (unpaired) electrons. The number of amides is 3. The van der Waals surface area contributed by atoms with Gasteiger partial charge in [0.15, 0.2) is 0 Å². The summed E-state index contributed by atoms with van der Waals surface area (Å²) in [6.45, 7) is 3.66. The van der Waals surface area contributed by atoms with Gasteiger partial charge in [-0.1, -0.05) is 26.0 Å². The average molecular weight is 491 g/mol. The van der Waals surface area contributed by atoms with E-state index in [1.54, 1.807) is 26.0 Å². The van der Waals surface area contributed by atoms with Crippen LogP contribution in [0.4, 0.5) is 0 Å². The van der Waals surface area contributed by atoms with E-state index in [4.69, 9.17) is 0 Å². The number of hydrogen-bond acceptors (Lipinski definition) is 8. The average Bonchev–Trinajstić information content (AvgIpc) is 2.82. The molecule has 2 aromatic rings. The summed E-state index contributed by atoms with van der Waals surface area (Å²) in [4.78, 5) is 50.6. The van der Waals surface area contributed by atoms with Crippen molar-refractivity contribution in [3.05, 3.63) is 59.4 Å². The predicted molar refractivity (Wildman–Crippen MR) is 121 cm³/mol. The first-order valence-corrected chi connectivity index (χ1v) is 11.8. The molecule has 0 atom stereocenters. The van der Waals surface area contributed by atoms with Crippen LogP contribution < -0.4 is 15.4 Å². The van der Waals surface area contributed by atoms with Crippen LogP contribution >= 0.6 is 0 Å². The number of carbonyl (C=O) groups is 4. The molecule has 2 rings (SSSR count). The minimum Gasteiger partial charge on any atom is -0.468 e. The van der Waals surface area contributed by atoms with Crippen molar-refractivity contribution in [1.82, 2.24) is 20.3 Å². The molecule has 1 heterocycles. The molecule has 3 N–H and O–H groups in total. The van der Waals surface area contributed by atoms with E-state index in [1.807, 2.05) is 4.72 Å². The molecule has 11 nitrogen and oxygen atoms in total. The lowest BCUT2D eigenvalue weighted by Gasteiger charge is -2.09. The Morgan fingerprint density at radius 3 is 2.21 bits per heavy atom. The summed E-state index contributed by atoms with van der Waals surface area (Å²) >= 11 is 0. The van der Waals surface area contributed by atoms with Crippen LogP contribution in [0.1, 0.15) is 40.3 Å². The monoisotopic (exact) mass is 490 g/mol. The number of aromatic nitrogens is 1. The molecule has 0 unspecified atom stereocenters. The Kier molecular flexibility index (Phi) is 9.25. The van der Waals surface area contributed by atoms with Gasteiger partial charge in [0, 0.05) is 18.7 Å². The number of pyridine rings is 1. The quantitative estimate of drug-likeness (QED) is 0.404. The molecule has 0 aliphatic rings. The summed E-state index contributed by atoms with van der Waals surface area (Å²) in [6, 6.07) is 8.39. The summed E-state index contributed by atoms with van der Waals surface area (Å²) in [7, 11) is -2.97. The number of esters is 1. The number of nitrogens with zero attached hydrogens (tertiary/aromatic N) is 1. The molecular formula is C22H26N4O7S. The van der Waals surface area contributed by atoms with Gasteiger partial charge in [-0.25, -0.2) is 13.1 Å². The third-order valence-electron chi connectivity index (χ3n) is 4.58. The van der Waals surface area contributed by atoms with E-state index in [0.717, 1.165) is 11.8 Å². The number of ether oxygens (including phenoxy) is 1. The molecule has 0 bridgehead atoms. The molecule has 34 heavy (non-hydrogen) atoms. The molecule has 3 amide bonds. The Morgan fingerprint density at radius 2 is 1.65 bits per heavy atom. The summed E-state index contributed by atoms with van der Waals surface area (Å²) in [5, 5.41) is 5.07. The largest absolute Gasteiger partial charge is 0.468 e. The predicted octanol–water partition coefficient (Wildman–Crippen LogP) is 0.418. The van der Waals surface area contributed by atoms with Crippen LogP contribution in [0.15, 0.2) is 47.5 Å². The lowest BCUT2D eigenvalue weighted by molar-refractivity contribution is -0.139. The van der Waals surface area contributed by atoms with E-state index in [9.17, 15) is 27.6 Å². The fourth-order valence-electron chi connectivity index (χ4n) is 2.59. The first-order valence-electron chi connectivity index (χ1n) is 10.3. The molecule has 0 fully saturated rings. The van der Waals surface area contributed by atoms with Crippen molar-refractivity contribution in [3.8, 4) is 0 Å². The van der Waals surface area contributed by atoms with Crippen LogP contribution in [0, 0.1) is 5.92 Å².